The summed E-state index contributed by atoms with van der Waals surface area (Å²) in [5.74, 6) is -0.0575. The third kappa shape index (κ3) is 3.68. The Morgan fingerprint density at radius 2 is 1.34 bits per heavy atom. The highest BCUT2D eigenvalue weighted by Gasteiger charge is 2.36. The molecular weight excluding hydrogens is 424 g/mol. The van der Waals surface area contributed by atoms with E-state index < -0.39 is 11.9 Å². The lowest BCUT2D eigenvalue weighted by molar-refractivity contribution is 0.0589. The maximum Gasteiger partial charge on any atom is 0.338 e. The molecule has 0 aliphatic carbocycles. The molecule has 2 aromatic rings. The highest BCUT2D eigenvalue weighted by Crippen LogP contribution is 2.55. The molecule has 0 bridgehead atoms. The Morgan fingerprint density at radius 3 is 1.88 bits per heavy atom. The molecule has 172 valence electrons. The minimum absolute atomic E-state index is 0.0571. The van der Waals surface area contributed by atoms with E-state index in [0.717, 1.165) is 0 Å². The third-order valence-electron chi connectivity index (χ3n) is 4.80. The smallest absolute Gasteiger partial charge is 0.338 e. The van der Waals surface area contributed by atoms with E-state index in [9.17, 15) is 9.59 Å². The Labute approximate surface area is 184 Å². The molecule has 1 aliphatic rings. The predicted octanol–water partition coefficient (Wildman–Crippen LogP) is 3.08. The van der Waals surface area contributed by atoms with E-state index in [4.69, 9.17) is 37.9 Å². The molecule has 0 saturated carbocycles. The number of hydrogen-bond acceptors (Lipinski definition) is 10. The molecule has 10 nitrogen and oxygen atoms in total. The van der Waals surface area contributed by atoms with E-state index in [2.05, 4.69) is 0 Å². The first-order valence-corrected chi connectivity index (χ1v) is 9.56. The van der Waals surface area contributed by atoms with Gasteiger partial charge >= 0.3 is 11.9 Å². The Hall–Kier alpha value is -3.82. The minimum atomic E-state index is -0.693. The summed E-state index contributed by atoms with van der Waals surface area (Å²) >= 11 is 0. The molecule has 0 fully saturated rings. The Balaban J connectivity index is 2.55. The van der Waals surface area contributed by atoms with Crippen LogP contribution in [-0.4, -0.2) is 60.9 Å². The zero-order valence-electron chi connectivity index (χ0n) is 18.7. The first-order valence-electron chi connectivity index (χ1n) is 9.56. The molecule has 1 aliphatic heterocycles. The summed E-state index contributed by atoms with van der Waals surface area (Å²) in [6.07, 6.45) is 0. The van der Waals surface area contributed by atoms with Gasteiger partial charge in [0, 0.05) is 11.1 Å². The number of hydrogen-bond donors (Lipinski definition) is 0. The van der Waals surface area contributed by atoms with Crippen LogP contribution in [0, 0.1) is 0 Å². The molecule has 2 aromatic carbocycles. The van der Waals surface area contributed by atoms with Gasteiger partial charge in [-0.15, -0.1) is 0 Å². The van der Waals surface area contributed by atoms with Crippen LogP contribution in [0.3, 0.4) is 0 Å². The fourth-order valence-corrected chi connectivity index (χ4v) is 3.47. The standard InChI is InChI=1S/C22H24O10/c1-7-30-19-15(11(21(23)28-5)8-13(25-2)17(19)27-4)16-12(22(24)29-6)9-14(26-3)18-20(16)32-10-31-18/h8-9H,7,10H2,1-6H3. The van der Waals surface area contributed by atoms with Crippen molar-refractivity contribution < 1.29 is 47.5 Å². The third-order valence-corrected chi connectivity index (χ3v) is 4.80. The lowest BCUT2D eigenvalue weighted by Crippen LogP contribution is -2.12. The molecule has 0 N–H and O–H groups in total. The highest BCUT2D eigenvalue weighted by atomic mass is 16.7. The maximum atomic E-state index is 12.8. The number of ether oxygens (including phenoxy) is 8. The molecule has 0 aromatic heterocycles. The van der Waals surface area contributed by atoms with Crippen molar-refractivity contribution in [3.8, 4) is 45.6 Å². The number of benzene rings is 2. The molecule has 0 saturated heterocycles. The van der Waals surface area contributed by atoms with Gasteiger partial charge in [0.1, 0.15) is 0 Å². The first-order chi connectivity index (χ1) is 15.5. The second kappa shape index (κ2) is 9.54. The van der Waals surface area contributed by atoms with Gasteiger partial charge in [-0.2, -0.15) is 0 Å². The van der Waals surface area contributed by atoms with Gasteiger partial charge in [-0.05, 0) is 19.1 Å². The van der Waals surface area contributed by atoms with Crippen molar-refractivity contribution in [3.05, 3.63) is 23.3 Å². The zero-order chi connectivity index (χ0) is 23.4. The van der Waals surface area contributed by atoms with E-state index in [0.29, 0.717) is 0 Å². The predicted molar refractivity (Wildman–Crippen MR) is 112 cm³/mol. The minimum Gasteiger partial charge on any atom is -0.493 e. The van der Waals surface area contributed by atoms with Gasteiger partial charge in [-0.1, -0.05) is 0 Å². The monoisotopic (exact) mass is 448 g/mol. The summed E-state index contributed by atoms with van der Waals surface area (Å²) in [4.78, 5) is 25.6. The van der Waals surface area contributed by atoms with Crippen molar-refractivity contribution >= 4 is 11.9 Å². The van der Waals surface area contributed by atoms with Crippen molar-refractivity contribution in [3.63, 3.8) is 0 Å². The maximum absolute atomic E-state index is 12.8. The molecule has 0 amide bonds. The number of fused-ring (bicyclic) bond motifs is 1. The molecule has 1 heterocycles. The lowest BCUT2D eigenvalue weighted by Gasteiger charge is -2.22. The lowest BCUT2D eigenvalue weighted by atomic mass is 9.91. The number of esters is 2. The van der Waals surface area contributed by atoms with Crippen LogP contribution in [0.4, 0.5) is 0 Å². The second-order valence-corrected chi connectivity index (χ2v) is 6.35. The quantitative estimate of drug-likeness (QED) is 0.559. The number of carbonyl (C=O) groups is 2. The van der Waals surface area contributed by atoms with E-state index in [-0.39, 0.29) is 70.2 Å². The summed E-state index contributed by atoms with van der Waals surface area (Å²) in [5, 5.41) is 0. The van der Waals surface area contributed by atoms with Crippen LogP contribution >= 0.6 is 0 Å². The van der Waals surface area contributed by atoms with Gasteiger partial charge in [0.2, 0.25) is 18.3 Å². The van der Waals surface area contributed by atoms with Crippen molar-refractivity contribution in [1.82, 2.24) is 0 Å². The highest BCUT2D eigenvalue weighted by molar-refractivity contribution is 6.08. The van der Waals surface area contributed by atoms with Crippen molar-refractivity contribution in [2.75, 3.05) is 48.9 Å². The molecule has 10 heteroatoms. The fraction of sp³-hybridized carbons (Fsp3) is 0.364. The van der Waals surface area contributed by atoms with Crippen molar-refractivity contribution in [2.45, 2.75) is 6.92 Å². The van der Waals surface area contributed by atoms with Gasteiger partial charge in [0.25, 0.3) is 0 Å². The summed E-state index contributed by atoms with van der Waals surface area (Å²) in [6, 6.07) is 2.89. The van der Waals surface area contributed by atoms with Crippen LogP contribution in [-0.2, 0) is 9.47 Å². The molecule has 0 spiro atoms. The fourth-order valence-electron chi connectivity index (χ4n) is 3.47. The largest absolute Gasteiger partial charge is 0.493 e. The van der Waals surface area contributed by atoms with Crippen LogP contribution in [0.25, 0.3) is 11.1 Å². The number of methoxy groups -OCH3 is 5. The molecule has 0 radical (unpaired) electrons. The Kier molecular flexibility index (Phi) is 6.82. The van der Waals surface area contributed by atoms with Gasteiger partial charge in [-0.3, -0.25) is 0 Å². The van der Waals surface area contributed by atoms with E-state index >= 15 is 0 Å². The summed E-state index contributed by atoms with van der Waals surface area (Å²) in [6.45, 7) is 1.87. The molecule has 3 rings (SSSR count). The average molecular weight is 448 g/mol. The van der Waals surface area contributed by atoms with Gasteiger partial charge in [0.15, 0.2) is 23.0 Å². The van der Waals surface area contributed by atoms with Gasteiger partial charge in [-0.25, -0.2) is 9.59 Å². The van der Waals surface area contributed by atoms with Crippen LogP contribution in [0.15, 0.2) is 12.1 Å². The molecular formula is C22H24O10. The molecule has 0 atom stereocenters. The summed E-state index contributed by atoms with van der Waals surface area (Å²) < 4.78 is 43.4. The number of carbonyl (C=O) groups excluding carboxylic acids is 2. The average Bonchev–Trinajstić information content (AvgIpc) is 3.31. The SMILES string of the molecule is CCOc1c(OC)c(OC)cc(C(=O)OC)c1-c1c(C(=O)OC)cc(OC)c2c1OCO2. The molecule has 0 unspecified atom stereocenters. The Bertz CT molecular complexity index is 1040. The van der Waals surface area contributed by atoms with Gasteiger partial charge < -0.3 is 37.9 Å². The van der Waals surface area contributed by atoms with Crippen LogP contribution in [0.1, 0.15) is 27.6 Å². The normalized spacial score (nSPS) is 11.6. The second-order valence-electron chi connectivity index (χ2n) is 6.35. The van der Waals surface area contributed by atoms with E-state index in [1.165, 1.54) is 47.7 Å². The van der Waals surface area contributed by atoms with E-state index in [1.54, 1.807) is 6.92 Å². The Morgan fingerprint density at radius 1 is 0.781 bits per heavy atom. The van der Waals surface area contributed by atoms with Crippen molar-refractivity contribution in [2.24, 2.45) is 0 Å². The zero-order valence-corrected chi connectivity index (χ0v) is 18.7. The molecule has 32 heavy (non-hydrogen) atoms. The first kappa shape index (κ1) is 22.9. The van der Waals surface area contributed by atoms with Crippen LogP contribution in [0.2, 0.25) is 0 Å². The summed E-state index contributed by atoms with van der Waals surface area (Å²) in [7, 11) is 6.77. The van der Waals surface area contributed by atoms with Crippen LogP contribution < -0.4 is 28.4 Å². The number of rotatable bonds is 8. The summed E-state index contributed by atoms with van der Waals surface area (Å²) in [5.41, 5.74) is 0.518. The van der Waals surface area contributed by atoms with Gasteiger partial charge in [0.05, 0.1) is 53.3 Å². The van der Waals surface area contributed by atoms with Crippen LogP contribution in [0.5, 0.6) is 34.5 Å². The topological polar surface area (TPSA) is 108 Å². The van der Waals surface area contributed by atoms with E-state index in [1.807, 2.05) is 0 Å². The van der Waals surface area contributed by atoms with Crippen molar-refractivity contribution in [1.29, 1.82) is 0 Å².